The van der Waals surface area contributed by atoms with Crippen LogP contribution in [0.25, 0.3) is 121 Å². The predicted octanol–water partition coefficient (Wildman–Crippen LogP) is 30.7. The smallest absolute Gasteiger partial charge is 0.204 e. The molecule has 0 aliphatic heterocycles. The van der Waals surface area contributed by atoms with E-state index in [0.717, 1.165) is 99.8 Å². The van der Waals surface area contributed by atoms with Crippen LogP contribution in [0.5, 0.6) is 0 Å². The van der Waals surface area contributed by atoms with Gasteiger partial charge in [0, 0.05) is 80.9 Å². The van der Waals surface area contributed by atoms with Gasteiger partial charge in [0.2, 0.25) is 17.8 Å². The molecule has 0 amide bonds. The third-order valence-corrected chi connectivity index (χ3v) is 27.6. The Bertz CT molecular complexity index is 7020. The lowest BCUT2D eigenvalue weighted by atomic mass is 9.53. The standard InChI is InChI=1S/C32H34N4.C30H36N4.C28H32N2.C26H29N3/c1-20(2)35-28-12-7-13-29(36-26-10-5-3-8-24(26)25-9-4-6-11-27(25)36)30(28)33-31(35)34-32-17-21-14-22(18-32)16-23(15-21)19-32;1-20(2)33-25-17-12-18-26(27(25)31-28(33)32-30(6,7)19-29(3,4)5)34-23-15-10-8-13-21(23)22-14-9-11-16-24(22)34;1-17(2)30-25-13-9-12-23(27-21(6)14-18(3)15-22(27)7)28(25)29-26(30)16-24-19(4)10-8-11-20(24)5;1-17(2)29-23-13-9-12-22(24-19(4)14-18(3)15-20(24)5)25(23)28-26(29)27-16-21-10-7-6-8-11-21/h3-13,20-23H,14-19H2,1-2H3,(H,33,34);8-18,20H,19H2,1-7H3,(H,31,32);8-15,17H,16H2,1-7H3;6-15,17H,16H2,1-5H3,(H,27,28). The molecule has 4 aliphatic rings. The quantitative estimate of drug-likeness (QED) is 0.0783. The summed E-state index contributed by atoms with van der Waals surface area (Å²) in [5.74, 6) is 6.81. The Labute approximate surface area is 763 Å². The van der Waals surface area contributed by atoms with Gasteiger partial charge in [-0.05, 0) is 309 Å². The highest BCUT2D eigenvalue weighted by Gasteiger charge is 2.51. The normalized spacial score (nSPS) is 16.2. The van der Waals surface area contributed by atoms with Crippen molar-refractivity contribution in [3.63, 3.8) is 0 Å². The van der Waals surface area contributed by atoms with Crippen molar-refractivity contribution in [3.05, 3.63) is 304 Å². The maximum absolute atomic E-state index is 5.41. The summed E-state index contributed by atoms with van der Waals surface area (Å²) in [5, 5.41) is 16.6. The molecule has 13 nitrogen and oxygen atoms in total. The Morgan fingerprint density at radius 1 is 0.357 bits per heavy atom. The first-order valence-corrected chi connectivity index (χ1v) is 47.4. The summed E-state index contributed by atoms with van der Waals surface area (Å²) < 4.78 is 14.3. The Balaban J connectivity index is 0.000000116. The SMILES string of the molecule is CC(C)n1c(NC(C)(C)CC(C)(C)C)nc2c(-n3c4ccccc4c4ccccc43)cccc21.CC(C)n1c(NC23CC4CC(CC(C4)C2)C3)nc2c(-n3c4ccccc4c4ccccc43)cccc21.Cc1cc(C)c(-c2cccc3c2nc(Cc2c(C)cccc2C)n3C(C)C)c(C)c1.Cc1cc(C)c(-c2cccc3c2nc(NCc2ccccc2)n3C(C)C)c(C)c1. The summed E-state index contributed by atoms with van der Waals surface area (Å²) in [6.45, 7) is 47.7. The van der Waals surface area contributed by atoms with Gasteiger partial charge < -0.3 is 43.4 Å². The fraction of sp³-hybridized carbons (Fsp3) is 0.345. The number of aryl methyl sites for hydroxylation is 8. The van der Waals surface area contributed by atoms with Crippen LogP contribution in [0, 0.1) is 78.6 Å². The van der Waals surface area contributed by atoms with Gasteiger partial charge in [0.1, 0.15) is 16.9 Å². The first-order valence-electron chi connectivity index (χ1n) is 47.4. The molecule has 660 valence electrons. The van der Waals surface area contributed by atoms with Gasteiger partial charge in [-0.1, -0.05) is 214 Å². The molecule has 0 radical (unpaired) electrons. The van der Waals surface area contributed by atoms with Gasteiger partial charge in [-0.25, -0.2) is 19.9 Å². The number of hydrogen-bond donors (Lipinski definition) is 3. The van der Waals surface area contributed by atoms with E-state index >= 15 is 0 Å². The van der Waals surface area contributed by atoms with Gasteiger partial charge in [0.25, 0.3) is 0 Å². The number of nitrogens with zero attached hydrogens (tertiary/aromatic N) is 10. The lowest BCUT2D eigenvalue weighted by Crippen LogP contribution is -2.55. The molecule has 3 N–H and O–H groups in total. The fourth-order valence-electron chi connectivity index (χ4n) is 23.6. The van der Waals surface area contributed by atoms with Crippen LogP contribution in [0.15, 0.2) is 243 Å². The van der Waals surface area contributed by atoms with Gasteiger partial charge in [-0.15, -0.1) is 0 Å². The topological polar surface area (TPSA) is 117 Å². The summed E-state index contributed by atoms with van der Waals surface area (Å²) in [6, 6.07) is 88.6. The van der Waals surface area contributed by atoms with Crippen LogP contribution in [-0.2, 0) is 13.0 Å². The molecule has 13 heteroatoms. The molecule has 0 spiro atoms. The summed E-state index contributed by atoms with van der Waals surface area (Å²) in [5.41, 5.74) is 34.8. The van der Waals surface area contributed by atoms with Crippen molar-refractivity contribution in [1.29, 1.82) is 0 Å². The lowest BCUT2D eigenvalue weighted by Gasteiger charge is -2.57. The second-order valence-corrected chi connectivity index (χ2v) is 41.1. The average molecular weight is 1710 g/mol. The lowest BCUT2D eigenvalue weighted by molar-refractivity contribution is 0.0102. The van der Waals surface area contributed by atoms with Crippen molar-refractivity contribution >= 4 is 106 Å². The first kappa shape index (κ1) is 87.2. The molecular weight excluding hydrogens is 1580 g/mol. The van der Waals surface area contributed by atoms with Crippen LogP contribution < -0.4 is 16.0 Å². The van der Waals surface area contributed by atoms with Gasteiger partial charge in [0.15, 0.2) is 0 Å². The molecule has 129 heavy (non-hydrogen) atoms. The van der Waals surface area contributed by atoms with Crippen LogP contribution in [-0.4, -0.2) is 58.4 Å². The summed E-state index contributed by atoms with van der Waals surface area (Å²) >= 11 is 0. The summed E-state index contributed by atoms with van der Waals surface area (Å²) in [6.07, 6.45) is 10.2. The van der Waals surface area contributed by atoms with Crippen LogP contribution >= 0.6 is 0 Å². The summed E-state index contributed by atoms with van der Waals surface area (Å²) in [7, 11) is 0. The van der Waals surface area contributed by atoms with Crippen molar-refractivity contribution < 1.29 is 0 Å². The summed E-state index contributed by atoms with van der Waals surface area (Å²) in [4.78, 5) is 21.0. The molecule has 4 saturated carbocycles. The first-order chi connectivity index (χ1) is 61.9. The van der Waals surface area contributed by atoms with Gasteiger partial charge >= 0.3 is 0 Å². The van der Waals surface area contributed by atoms with Crippen molar-refractivity contribution in [3.8, 4) is 33.6 Å². The van der Waals surface area contributed by atoms with E-state index in [-0.39, 0.29) is 22.5 Å². The van der Waals surface area contributed by atoms with E-state index < -0.39 is 0 Å². The predicted molar refractivity (Wildman–Crippen MR) is 547 cm³/mol. The van der Waals surface area contributed by atoms with Gasteiger partial charge in [-0.2, -0.15) is 0 Å². The molecule has 6 heterocycles. The molecule has 22 rings (SSSR count). The highest BCUT2D eigenvalue weighted by atomic mass is 15.3. The number of aromatic nitrogens is 10. The van der Waals surface area contributed by atoms with Crippen molar-refractivity contribution in [2.45, 2.75) is 239 Å². The minimum atomic E-state index is -0.0841. The number of rotatable bonds is 18. The molecular formula is C116H131N13. The molecule has 18 aromatic rings. The molecule has 0 atom stereocenters. The fourth-order valence-corrected chi connectivity index (χ4v) is 23.6. The van der Waals surface area contributed by atoms with E-state index in [1.165, 1.54) is 177 Å². The van der Waals surface area contributed by atoms with E-state index in [4.69, 9.17) is 19.9 Å². The second kappa shape index (κ2) is 34.8. The number of imidazole rings is 4. The zero-order chi connectivity index (χ0) is 90.4. The van der Waals surface area contributed by atoms with Crippen LogP contribution in [0.3, 0.4) is 0 Å². The largest absolute Gasteiger partial charge is 0.352 e. The molecule has 4 fully saturated rings. The minimum absolute atomic E-state index is 0.0841. The monoisotopic (exact) mass is 1710 g/mol. The molecule has 12 aromatic carbocycles. The maximum Gasteiger partial charge on any atom is 0.204 e. The van der Waals surface area contributed by atoms with E-state index in [0.29, 0.717) is 18.1 Å². The Hall–Kier alpha value is -12.5. The number of anilines is 3. The average Bonchev–Trinajstić information content (AvgIpc) is 1.65. The third-order valence-electron chi connectivity index (χ3n) is 27.6. The van der Waals surface area contributed by atoms with Gasteiger partial charge in [0.05, 0.1) is 66.5 Å². The second-order valence-electron chi connectivity index (χ2n) is 41.1. The van der Waals surface area contributed by atoms with E-state index in [1.54, 1.807) is 0 Å². The van der Waals surface area contributed by atoms with E-state index in [2.05, 4.69) is 425 Å². The number of hydrogen-bond acceptors (Lipinski definition) is 7. The third kappa shape index (κ3) is 16.8. The number of para-hydroxylation sites is 8. The number of benzene rings is 12. The molecule has 0 saturated heterocycles. The highest BCUT2D eigenvalue weighted by molar-refractivity contribution is 6.12. The van der Waals surface area contributed by atoms with E-state index in [1.807, 2.05) is 6.07 Å². The van der Waals surface area contributed by atoms with Crippen LogP contribution in [0.1, 0.15) is 221 Å². The maximum atomic E-state index is 5.41. The van der Waals surface area contributed by atoms with Crippen molar-refractivity contribution in [2.24, 2.45) is 23.2 Å². The number of nitrogens with one attached hydrogen (secondary N) is 3. The van der Waals surface area contributed by atoms with E-state index in [9.17, 15) is 0 Å². The zero-order valence-corrected chi connectivity index (χ0v) is 80.0. The highest BCUT2D eigenvalue weighted by Crippen LogP contribution is 2.57. The van der Waals surface area contributed by atoms with Gasteiger partial charge in [-0.3, -0.25) is 0 Å². The molecule has 4 aliphatic carbocycles. The van der Waals surface area contributed by atoms with Crippen LogP contribution in [0.2, 0.25) is 0 Å². The molecule has 4 bridgehead atoms. The van der Waals surface area contributed by atoms with Crippen LogP contribution in [0.4, 0.5) is 17.8 Å². The Morgan fingerprint density at radius 2 is 0.705 bits per heavy atom. The van der Waals surface area contributed by atoms with Crippen molar-refractivity contribution in [2.75, 3.05) is 16.0 Å². The molecule has 0 unspecified atom stereocenters. The Morgan fingerprint density at radius 3 is 1.13 bits per heavy atom. The molecule has 6 aromatic heterocycles. The Kier molecular flexibility index (Phi) is 23.6. The number of fused-ring (bicyclic) bond motifs is 10. The van der Waals surface area contributed by atoms with Crippen molar-refractivity contribution in [1.82, 2.24) is 47.3 Å². The minimum Gasteiger partial charge on any atom is -0.352 e. The zero-order valence-electron chi connectivity index (χ0n) is 80.0.